The summed E-state index contributed by atoms with van der Waals surface area (Å²) >= 11 is 2.12. The Morgan fingerprint density at radius 1 is 1.20 bits per heavy atom. The molecule has 1 heterocycles. The van der Waals surface area contributed by atoms with Gasteiger partial charge in [-0.05, 0) is 42.9 Å². The first kappa shape index (κ1) is 16.6. The van der Waals surface area contributed by atoms with Crippen molar-refractivity contribution in [2.24, 2.45) is 23.0 Å². The third-order valence-corrected chi connectivity index (χ3v) is 6.66. The van der Waals surface area contributed by atoms with E-state index < -0.39 is 0 Å². The van der Waals surface area contributed by atoms with Crippen LogP contribution in [0.25, 0.3) is 0 Å². The van der Waals surface area contributed by atoms with Crippen molar-refractivity contribution in [2.45, 2.75) is 64.7 Å². The van der Waals surface area contributed by atoms with Gasteiger partial charge in [0.25, 0.3) is 0 Å². The molecular formula is C17H34N2S. The molecule has 1 aliphatic heterocycles. The third-order valence-electron chi connectivity index (χ3n) is 5.52. The molecule has 0 spiro atoms. The fourth-order valence-corrected chi connectivity index (χ4v) is 5.20. The highest BCUT2D eigenvalue weighted by Crippen LogP contribution is 2.41. The van der Waals surface area contributed by atoms with E-state index >= 15 is 0 Å². The Kier molecular flexibility index (Phi) is 5.84. The van der Waals surface area contributed by atoms with Gasteiger partial charge in [-0.2, -0.15) is 11.8 Å². The van der Waals surface area contributed by atoms with E-state index in [1.807, 2.05) is 0 Å². The molecule has 0 aromatic rings. The minimum Gasteiger partial charge on any atom is -0.329 e. The Hall–Kier alpha value is 0.270. The maximum absolute atomic E-state index is 6.15. The molecule has 118 valence electrons. The van der Waals surface area contributed by atoms with E-state index in [0.717, 1.165) is 23.6 Å². The molecule has 1 saturated heterocycles. The fourth-order valence-electron chi connectivity index (χ4n) is 4.16. The average Bonchev–Trinajstić information content (AvgIpc) is 2.39. The second-order valence-electron chi connectivity index (χ2n) is 7.96. The lowest BCUT2D eigenvalue weighted by molar-refractivity contribution is 0.0841. The summed E-state index contributed by atoms with van der Waals surface area (Å²) in [6.07, 6.45) is 5.59. The van der Waals surface area contributed by atoms with Crippen molar-refractivity contribution in [2.75, 3.05) is 25.4 Å². The minimum absolute atomic E-state index is 0.486. The van der Waals surface area contributed by atoms with Gasteiger partial charge in [0.2, 0.25) is 0 Å². The summed E-state index contributed by atoms with van der Waals surface area (Å²) in [5.41, 5.74) is 6.64. The normalized spacial score (nSPS) is 35.0. The first-order valence-corrected chi connectivity index (χ1v) is 9.52. The van der Waals surface area contributed by atoms with Crippen molar-refractivity contribution in [3.8, 4) is 0 Å². The Morgan fingerprint density at radius 2 is 1.85 bits per heavy atom. The maximum atomic E-state index is 6.15. The van der Waals surface area contributed by atoms with Crippen LogP contribution < -0.4 is 5.73 Å². The molecule has 2 N–H and O–H groups in total. The summed E-state index contributed by atoms with van der Waals surface area (Å²) in [5, 5.41) is 0.781. The molecular weight excluding hydrogens is 264 g/mol. The predicted octanol–water partition coefficient (Wildman–Crippen LogP) is 3.60. The number of hydrogen-bond acceptors (Lipinski definition) is 3. The van der Waals surface area contributed by atoms with Crippen LogP contribution in [0.1, 0.15) is 53.4 Å². The summed E-state index contributed by atoms with van der Waals surface area (Å²) in [6.45, 7) is 12.9. The van der Waals surface area contributed by atoms with E-state index in [0.29, 0.717) is 11.5 Å². The Balaban J connectivity index is 1.90. The molecule has 0 bridgehead atoms. The minimum atomic E-state index is 0.486. The second kappa shape index (κ2) is 7.02. The van der Waals surface area contributed by atoms with E-state index in [4.69, 9.17) is 5.73 Å². The highest BCUT2D eigenvalue weighted by molar-refractivity contribution is 7.99. The van der Waals surface area contributed by atoms with Gasteiger partial charge in [-0.15, -0.1) is 0 Å². The molecule has 1 saturated carbocycles. The highest BCUT2D eigenvalue weighted by Gasteiger charge is 2.35. The molecule has 3 heteroatoms. The molecule has 1 aliphatic carbocycles. The number of nitrogens with two attached hydrogens (primary N) is 1. The van der Waals surface area contributed by atoms with Crippen LogP contribution >= 0.6 is 11.8 Å². The molecule has 20 heavy (non-hydrogen) atoms. The molecule has 2 atom stereocenters. The van der Waals surface area contributed by atoms with E-state index in [1.165, 1.54) is 44.5 Å². The van der Waals surface area contributed by atoms with Crippen molar-refractivity contribution in [1.29, 1.82) is 0 Å². The van der Waals surface area contributed by atoms with Gasteiger partial charge in [-0.3, -0.25) is 4.90 Å². The van der Waals surface area contributed by atoms with Gasteiger partial charge < -0.3 is 5.73 Å². The molecule has 0 aromatic carbocycles. The molecule has 2 fully saturated rings. The summed E-state index contributed by atoms with van der Waals surface area (Å²) in [4.78, 5) is 2.70. The van der Waals surface area contributed by atoms with Gasteiger partial charge in [0.05, 0.1) is 0 Å². The second-order valence-corrected chi connectivity index (χ2v) is 9.50. The zero-order chi connectivity index (χ0) is 14.8. The molecule has 2 aliphatic rings. The van der Waals surface area contributed by atoms with E-state index in [9.17, 15) is 0 Å². The van der Waals surface area contributed by atoms with E-state index in [2.05, 4.69) is 44.4 Å². The Morgan fingerprint density at radius 3 is 2.35 bits per heavy atom. The first-order chi connectivity index (χ1) is 9.41. The Labute approximate surface area is 130 Å². The van der Waals surface area contributed by atoms with Crippen molar-refractivity contribution < 1.29 is 0 Å². The first-order valence-electron chi connectivity index (χ1n) is 8.47. The molecule has 2 nitrogen and oxygen atoms in total. The third kappa shape index (κ3) is 4.14. The summed E-state index contributed by atoms with van der Waals surface area (Å²) in [7, 11) is 0. The predicted molar refractivity (Wildman–Crippen MR) is 91.2 cm³/mol. The average molecular weight is 299 g/mol. The largest absolute Gasteiger partial charge is 0.329 e. The Bertz CT molecular complexity index is 292. The summed E-state index contributed by atoms with van der Waals surface area (Å²) in [6, 6.07) is 0.638. The van der Waals surface area contributed by atoms with Crippen LogP contribution in [0.4, 0.5) is 0 Å². The maximum Gasteiger partial charge on any atom is 0.0247 e. The van der Waals surface area contributed by atoms with Gasteiger partial charge in [-0.1, -0.05) is 27.7 Å². The van der Waals surface area contributed by atoms with Crippen LogP contribution in [0.2, 0.25) is 0 Å². The summed E-state index contributed by atoms with van der Waals surface area (Å²) in [5.74, 6) is 3.04. The van der Waals surface area contributed by atoms with Gasteiger partial charge >= 0.3 is 0 Å². The number of rotatable bonds is 3. The topological polar surface area (TPSA) is 29.3 Å². The lowest BCUT2D eigenvalue weighted by atomic mass is 9.68. The lowest BCUT2D eigenvalue weighted by Gasteiger charge is -2.44. The quantitative estimate of drug-likeness (QED) is 0.863. The van der Waals surface area contributed by atoms with Gasteiger partial charge in [0, 0.05) is 36.7 Å². The number of hydrogen-bond donors (Lipinski definition) is 1. The van der Waals surface area contributed by atoms with E-state index in [1.54, 1.807) is 0 Å². The van der Waals surface area contributed by atoms with Gasteiger partial charge in [0.1, 0.15) is 0 Å². The van der Waals surface area contributed by atoms with Gasteiger partial charge in [0.15, 0.2) is 0 Å². The van der Waals surface area contributed by atoms with Crippen LogP contribution in [0.3, 0.4) is 0 Å². The fraction of sp³-hybridized carbons (Fsp3) is 1.00. The lowest BCUT2D eigenvalue weighted by Crippen LogP contribution is -2.51. The van der Waals surface area contributed by atoms with Crippen LogP contribution in [-0.2, 0) is 0 Å². The van der Waals surface area contributed by atoms with Crippen molar-refractivity contribution in [3.63, 3.8) is 0 Å². The van der Waals surface area contributed by atoms with Crippen LogP contribution in [0, 0.1) is 17.3 Å². The molecule has 2 unspecified atom stereocenters. The monoisotopic (exact) mass is 298 g/mol. The molecule has 0 amide bonds. The highest BCUT2D eigenvalue weighted by atomic mass is 32.2. The van der Waals surface area contributed by atoms with Crippen molar-refractivity contribution in [1.82, 2.24) is 4.90 Å². The molecule has 0 aromatic heterocycles. The number of nitrogens with zero attached hydrogens (tertiary/aromatic N) is 1. The smallest absolute Gasteiger partial charge is 0.0247 e. The standard InChI is InChI=1S/C17H34N2S/c1-13-12-19(9-10-20-13)16(11-18)14-5-7-15(8-6-14)17(2,3)4/h13-16H,5-12,18H2,1-4H3. The van der Waals surface area contributed by atoms with Crippen LogP contribution in [0.15, 0.2) is 0 Å². The van der Waals surface area contributed by atoms with Gasteiger partial charge in [-0.25, -0.2) is 0 Å². The zero-order valence-corrected chi connectivity index (χ0v) is 14.7. The van der Waals surface area contributed by atoms with Crippen molar-refractivity contribution >= 4 is 11.8 Å². The summed E-state index contributed by atoms with van der Waals surface area (Å²) < 4.78 is 0. The molecule has 0 radical (unpaired) electrons. The van der Waals surface area contributed by atoms with Crippen molar-refractivity contribution in [3.05, 3.63) is 0 Å². The van der Waals surface area contributed by atoms with E-state index in [-0.39, 0.29) is 0 Å². The zero-order valence-electron chi connectivity index (χ0n) is 13.9. The SMILES string of the molecule is CC1CN(C(CN)C2CCC(C(C)(C)C)CC2)CCS1. The van der Waals surface area contributed by atoms with Crippen LogP contribution in [-0.4, -0.2) is 41.6 Å². The number of thioether (sulfide) groups is 1. The van der Waals surface area contributed by atoms with Crippen LogP contribution in [0.5, 0.6) is 0 Å². The molecule has 2 rings (SSSR count).